The van der Waals surface area contributed by atoms with Crippen molar-refractivity contribution in [3.05, 3.63) is 72.4 Å². The maximum absolute atomic E-state index is 9.73. The van der Waals surface area contributed by atoms with Gasteiger partial charge in [0.2, 0.25) is 0 Å². The number of aliphatic hydroxyl groups is 1. The lowest BCUT2D eigenvalue weighted by molar-refractivity contribution is 0.171. The highest BCUT2D eigenvalue weighted by molar-refractivity contribution is 5.97. The van der Waals surface area contributed by atoms with Gasteiger partial charge in [0.15, 0.2) is 23.0 Å². The maximum Gasteiger partial charge on any atom is 0.169 e. The van der Waals surface area contributed by atoms with Crippen LogP contribution in [0.15, 0.2) is 66.9 Å². The molecule has 8 nitrogen and oxygen atoms in total. The summed E-state index contributed by atoms with van der Waals surface area (Å²) in [5.74, 6) is 2.91. The number of para-hydroxylation sites is 2. The quantitative estimate of drug-likeness (QED) is 0.296. The standard InChI is InChI=1S/C28H27N3O5/c1-18(16-32)17-35-27-13-23-22(12-26(27)34-3)28(19(14-29)15-30-23)31-20-8-10-21(11-9-20)36-25-7-5-4-6-24(25)33-2/h4-13,15,18,32H,16-17H2,1-3H3,(H,30,31)/t18-/m0/s1. The minimum Gasteiger partial charge on any atom is -0.493 e. The molecular formula is C28H27N3O5. The Morgan fingerprint density at radius 3 is 2.36 bits per heavy atom. The van der Waals surface area contributed by atoms with Crippen molar-refractivity contribution < 1.29 is 24.1 Å². The molecule has 1 heterocycles. The van der Waals surface area contributed by atoms with Crippen molar-refractivity contribution in [2.75, 3.05) is 32.8 Å². The van der Waals surface area contributed by atoms with Crippen molar-refractivity contribution in [2.45, 2.75) is 6.92 Å². The van der Waals surface area contributed by atoms with E-state index < -0.39 is 0 Å². The Kier molecular flexibility index (Phi) is 7.73. The van der Waals surface area contributed by atoms with E-state index in [2.05, 4.69) is 16.4 Å². The van der Waals surface area contributed by atoms with Crippen LogP contribution in [0.1, 0.15) is 12.5 Å². The molecule has 0 aliphatic heterocycles. The molecule has 0 amide bonds. The van der Waals surface area contributed by atoms with Gasteiger partial charge in [-0.25, -0.2) is 0 Å². The molecule has 0 fully saturated rings. The summed E-state index contributed by atoms with van der Waals surface area (Å²) >= 11 is 0. The number of nitrogens with one attached hydrogen (secondary N) is 1. The van der Waals surface area contributed by atoms with Gasteiger partial charge in [0, 0.05) is 35.9 Å². The fourth-order valence-corrected chi connectivity index (χ4v) is 3.56. The normalized spacial score (nSPS) is 11.4. The number of benzene rings is 3. The maximum atomic E-state index is 9.73. The molecule has 0 spiro atoms. The number of methoxy groups -OCH3 is 2. The van der Waals surface area contributed by atoms with Crippen molar-refractivity contribution >= 4 is 22.3 Å². The summed E-state index contributed by atoms with van der Waals surface area (Å²) in [6.45, 7) is 2.25. The molecule has 0 bridgehead atoms. The van der Waals surface area contributed by atoms with Crippen LogP contribution in [-0.2, 0) is 0 Å². The molecule has 0 aliphatic carbocycles. The highest BCUT2D eigenvalue weighted by atomic mass is 16.5. The molecule has 0 saturated carbocycles. The highest BCUT2D eigenvalue weighted by Gasteiger charge is 2.15. The summed E-state index contributed by atoms with van der Waals surface area (Å²) in [6, 6.07) is 20.6. The van der Waals surface area contributed by atoms with Crippen molar-refractivity contribution in [1.29, 1.82) is 5.26 Å². The molecular weight excluding hydrogens is 458 g/mol. The first-order valence-electron chi connectivity index (χ1n) is 11.4. The van der Waals surface area contributed by atoms with E-state index in [1.807, 2.05) is 55.5 Å². The molecule has 2 N–H and O–H groups in total. The number of nitriles is 1. The molecule has 36 heavy (non-hydrogen) atoms. The Balaban J connectivity index is 1.63. The lowest BCUT2D eigenvalue weighted by Crippen LogP contribution is -2.12. The van der Waals surface area contributed by atoms with Gasteiger partial charge in [-0.2, -0.15) is 5.26 Å². The van der Waals surface area contributed by atoms with Crippen LogP contribution in [0.2, 0.25) is 0 Å². The van der Waals surface area contributed by atoms with Gasteiger partial charge in [-0.1, -0.05) is 19.1 Å². The summed E-state index contributed by atoms with van der Waals surface area (Å²) in [4.78, 5) is 4.44. The first-order chi connectivity index (χ1) is 17.6. The fourth-order valence-electron chi connectivity index (χ4n) is 3.56. The molecule has 4 aromatic rings. The zero-order valence-electron chi connectivity index (χ0n) is 20.3. The van der Waals surface area contributed by atoms with Gasteiger partial charge in [0.25, 0.3) is 0 Å². The van der Waals surface area contributed by atoms with Gasteiger partial charge >= 0.3 is 0 Å². The number of rotatable bonds is 10. The molecule has 8 heteroatoms. The topological polar surface area (TPSA) is 106 Å². The SMILES string of the molecule is COc1cc2c(Nc3ccc(Oc4ccccc4OC)cc3)c(C#N)cnc2cc1OC[C@@H](C)CO. The second-order valence-corrected chi connectivity index (χ2v) is 8.18. The second kappa shape index (κ2) is 11.3. The number of hydrogen-bond acceptors (Lipinski definition) is 8. The van der Waals surface area contributed by atoms with Gasteiger partial charge in [-0.05, 0) is 42.5 Å². The van der Waals surface area contributed by atoms with E-state index in [0.717, 1.165) is 5.69 Å². The van der Waals surface area contributed by atoms with Gasteiger partial charge in [0.05, 0.1) is 37.6 Å². The van der Waals surface area contributed by atoms with Crippen LogP contribution < -0.4 is 24.3 Å². The van der Waals surface area contributed by atoms with Gasteiger partial charge in [-0.15, -0.1) is 0 Å². The molecule has 1 aromatic heterocycles. The summed E-state index contributed by atoms with van der Waals surface area (Å²) in [7, 11) is 3.15. The molecule has 0 unspecified atom stereocenters. The molecule has 0 saturated heterocycles. The second-order valence-electron chi connectivity index (χ2n) is 8.18. The van der Waals surface area contributed by atoms with E-state index in [1.165, 1.54) is 6.20 Å². The van der Waals surface area contributed by atoms with Crippen LogP contribution in [0.25, 0.3) is 10.9 Å². The molecule has 3 aromatic carbocycles. The Morgan fingerprint density at radius 1 is 0.972 bits per heavy atom. The number of hydrogen-bond donors (Lipinski definition) is 2. The van der Waals surface area contributed by atoms with Crippen molar-refractivity contribution in [1.82, 2.24) is 4.98 Å². The largest absolute Gasteiger partial charge is 0.493 e. The number of pyridine rings is 1. The van der Waals surface area contributed by atoms with Crippen LogP contribution in [-0.4, -0.2) is 37.5 Å². The smallest absolute Gasteiger partial charge is 0.169 e. The van der Waals surface area contributed by atoms with Crippen molar-refractivity contribution in [2.24, 2.45) is 5.92 Å². The predicted octanol–water partition coefficient (Wildman–Crippen LogP) is 5.67. The molecule has 184 valence electrons. The van der Waals surface area contributed by atoms with Crippen LogP contribution in [0.4, 0.5) is 11.4 Å². The van der Waals surface area contributed by atoms with Gasteiger partial charge in [0.1, 0.15) is 11.8 Å². The minimum absolute atomic E-state index is 0.0218. The third-order valence-electron chi connectivity index (χ3n) is 5.53. The van der Waals surface area contributed by atoms with Gasteiger partial charge < -0.3 is 29.4 Å². The monoisotopic (exact) mass is 485 g/mol. The Labute approximate surface area is 209 Å². The number of nitrogens with zero attached hydrogens (tertiary/aromatic N) is 2. The fraction of sp³-hybridized carbons (Fsp3) is 0.214. The van der Waals surface area contributed by atoms with Crippen molar-refractivity contribution in [3.8, 4) is 34.8 Å². The summed E-state index contributed by atoms with van der Waals surface area (Å²) in [5.41, 5.74) is 2.40. The van der Waals surface area contributed by atoms with E-state index in [0.29, 0.717) is 57.5 Å². The van der Waals surface area contributed by atoms with E-state index in [1.54, 1.807) is 26.4 Å². The Morgan fingerprint density at radius 2 is 1.69 bits per heavy atom. The summed E-state index contributed by atoms with van der Waals surface area (Å²) in [6.07, 6.45) is 1.52. The van der Waals surface area contributed by atoms with Crippen molar-refractivity contribution in [3.63, 3.8) is 0 Å². The van der Waals surface area contributed by atoms with E-state index in [-0.39, 0.29) is 12.5 Å². The van der Waals surface area contributed by atoms with Crippen LogP contribution in [0.3, 0.4) is 0 Å². The summed E-state index contributed by atoms with van der Waals surface area (Å²) < 4.78 is 22.7. The average molecular weight is 486 g/mol. The number of fused-ring (bicyclic) bond motifs is 1. The Hall–Kier alpha value is -4.48. The van der Waals surface area contributed by atoms with E-state index in [4.69, 9.17) is 18.9 Å². The van der Waals surface area contributed by atoms with Crippen LogP contribution in [0.5, 0.6) is 28.7 Å². The molecule has 0 radical (unpaired) electrons. The molecule has 4 rings (SSSR count). The Bertz CT molecular complexity index is 1380. The lowest BCUT2D eigenvalue weighted by atomic mass is 10.1. The van der Waals surface area contributed by atoms with Gasteiger partial charge in [-0.3, -0.25) is 4.98 Å². The lowest BCUT2D eigenvalue weighted by Gasteiger charge is -2.17. The van der Waals surface area contributed by atoms with Crippen LogP contribution in [0, 0.1) is 17.2 Å². The third kappa shape index (κ3) is 5.43. The molecule has 0 aliphatic rings. The number of aliphatic hydroxyl groups excluding tert-OH is 1. The summed E-state index contributed by atoms with van der Waals surface area (Å²) in [5, 5.41) is 23.1. The predicted molar refractivity (Wildman–Crippen MR) is 138 cm³/mol. The van der Waals surface area contributed by atoms with Crippen LogP contribution >= 0.6 is 0 Å². The van der Waals surface area contributed by atoms with E-state index in [9.17, 15) is 10.4 Å². The average Bonchev–Trinajstić information content (AvgIpc) is 2.92. The molecule has 1 atom stereocenters. The zero-order chi connectivity index (χ0) is 25.5. The number of ether oxygens (including phenoxy) is 4. The minimum atomic E-state index is -0.0218. The first kappa shape index (κ1) is 24.6. The number of anilines is 2. The first-order valence-corrected chi connectivity index (χ1v) is 11.4. The zero-order valence-corrected chi connectivity index (χ0v) is 20.3. The highest BCUT2D eigenvalue weighted by Crippen LogP contribution is 2.38. The van der Waals surface area contributed by atoms with E-state index >= 15 is 0 Å². The number of aromatic nitrogens is 1. The third-order valence-corrected chi connectivity index (χ3v) is 5.53.